The van der Waals surface area contributed by atoms with E-state index in [0.717, 1.165) is 11.8 Å². The number of halogens is 1. The van der Waals surface area contributed by atoms with E-state index in [1.54, 1.807) is 0 Å². The van der Waals surface area contributed by atoms with Crippen molar-refractivity contribution in [3.05, 3.63) is 35.9 Å². The first-order valence-corrected chi connectivity index (χ1v) is 11.9. The lowest BCUT2D eigenvalue weighted by atomic mass is 9.38. The molecule has 4 unspecified atom stereocenters. The molecular formula is C24H32ClNS. The van der Waals surface area contributed by atoms with E-state index >= 15 is 0 Å². The van der Waals surface area contributed by atoms with Gasteiger partial charge in [0.1, 0.15) is 0 Å². The zero-order valence-corrected chi connectivity index (χ0v) is 17.9. The van der Waals surface area contributed by atoms with Crippen LogP contribution in [0.4, 0.5) is 0 Å². The molecule has 5 saturated carbocycles. The standard InChI is InChI=1S/C24H32ClNS/c25-17-22-11-18-12-23(14-22,19-7-3-1-4-8-19)16-24(13-18,15-22)21(27)26-20-9-5-2-6-10-20/h1,3-4,7-8,18,20H,2,5-6,9-17H2,(H,26,27). The lowest BCUT2D eigenvalue weighted by Crippen LogP contribution is -2.63. The SMILES string of the molecule is S=C(NC1CCCCC1)C12CC3CC(CCl)(C1)CC(c1ccccc1)(C3)C2. The van der Waals surface area contributed by atoms with Gasteiger partial charge in [-0.1, -0.05) is 61.8 Å². The molecule has 1 nitrogen and oxygen atoms in total. The Hall–Kier alpha value is -0.600. The third-order valence-electron chi connectivity index (χ3n) is 8.28. The summed E-state index contributed by atoms with van der Waals surface area (Å²) in [6.07, 6.45) is 14.4. The first-order valence-electron chi connectivity index (χ1n) is 11.0. The normalized spacial score (nSPS) is 40.9. The molecule has 1 aromatic rings. The number of nitrogens with one attached hydrogen (secondary N) is 1. The van der Waals surface area contributed by atoms with E-state index in [-0.39, 0.29) is 16.2 Å². The number of thiocarbonyl (C=S) groups is 1. The molecule has 5 aliphatic rings. The van der Waals surface area contributed by atoms with Crippen molar-refractivity contribution < 1.29 is 0 Å². The van der Waals surface area contributed by atoms with Crippen molar-refractivity contribution in [1.29, 1.82) is 0 Å². The highest BCUT2D eigenvalue weighted by Gasteiger charge is 2.64. The summed E-state index contributed by atoms with van der Waals surface area (Å²) < 4.78 is 0. The van der Waals surface area contributed by atoms with Gasteiger partial charge < -0.3 is 5.32 Å². The van der Waals surface area contributed by atoms with Crippen molar-refractivity contribution >= 4 is 28.8 Å². The molecular weight excluding hydrogens is 370 g/mol. The van der Waals surface area contributed by atoms with Gasteiger partial charge in [0.25, 0.3) is 0 Å². The van der Waals surface area contributed by atoms with E-state index in [4.69, 9.17) is 23.8 Å². The van der Waals surface area contributed by atoms with Crippen LogP contribution >= 0.6 is 23.8 Å². The van der Waals surface area contributed by atoms with Gasteiger partial charge in [-0.05, 0) is 73.7 Å². The van der Waals surface area contributed by atoms with Crippen LogP contribution in [0.1, 0.15) is 76.2 Å². The van der Waals surface area contributed by atoms with Crippen molar-refractivity contribution in [2.45, 2.75) is 82.1 Å². The molecule has 0 aromatic heterocycles. The molecule has 0 heterocycles. The Morgan fingerprint density at radius 2 is 1.78 bits per heavy atom. The van der Waals surface area contributed by atoms with Crippen LogP contribution in [0.2, 0.25) is 0 Å². The van der Waals surface area contributed by atoms with Gasteiger partial charge in [0.05, 0.1) is 4.99 Å². The average molecular weight is 402 g/mol. The summed E-state index contributed by atoms with van der Waals surface area (Å²) in [4.78, 5) is 1.19. The molecule has 6 rings (SSSR count). The Labute approximate surface area is 174 Å². The molecule has 146 valence electrons. The van der Waals surface area contributed by atoms with E-state index in [2.05, 4.69) is 35.6 Å². The van der Waals surface area contributed by atoms with Crippen LogP contribution in [-0.4, -0.2) is 16.9 Å². The van der Waals surface area contributed by atoms with Gasteiger partial charge in [-0.25, -0.2) is 0 Å². The van der Waals surface area contributed by atoms with Gasteiger partial charge in [-0.3, -0.25) is 0 Å². The largest absolute Gasteiger partial charge is 0.376 e. The molecule has 3 heteroatoms. The summed E-state index contributed by atoms with van der Waals surface area (Å²) in [6, 6.07) is 11.9. The van der Waals surface area contributed by atoms with Crippen LogP contribution in [0.5, 0.6) is 0 Å². The molecule has 0 amide bonds. The maximum atomic E-state index is 6.67. The fraction of sp³-hybridized carbons (Fsp3) is 0.708. The van der Waals surface area contributed by atoms with Crippen molar-refractivity contribution in [1.82, 2.24) is 5.32 Å². The zero-order valence-electron chi connectivity index (χ0n) is 16.3. The summed E-state index contributed by atoms with van der Waals surface area (Å²) in [5.41, 5.74) is 2.29. The third kappa shape index (κ3) is 3.06. The third-order valence-corrected chi connectivity index (χ3v) is 9.39. The molecule has 5 aliphatic carbocycles. The predicted molar refractivity (Wildman–Crippen MR) is 118 cm³/mol. The molecule has 0 saturated heterocycles. The van der Waals surface area contributed by atoms with Crippen molar-refractivity contribution in [3.8, 4) is 0 Å². The van der Waals surface area contributed by atoms with Gasteiger partial charge >= 0.3 is 0 Å². The molecule has 0 aliphatic heterocycles. The molecule has 27 heavy (non-hydrogen) atoms. The Morgan fingerprint density at radius 3 is 2.52 bits per heavy atom. The zero-order chi connectivity index (χ0) is 18.5. The van der Waals surface area contributed by atoms with Gasteiger partial charge in [0, 0.05) is 17.3 Å². The first-order chi connectivity index (χ1) is 13.1. The van der Waals surface area contributed by atoms with E-state index in [1.807, 2.05) is 0 Å². The van der Waals surface area contributed by atoms with Gasteiger partial charge in [-0.15, -0.1) is 11.6 Å². The predicted octanol–water partition coefficient (Wildman–Crippen LogP) is 6.38. The summed E-state index contributed by atoms with van der Waals surface area (Å²) in [5.74, 6) is 1.58. The summed E-state index contributed by atoms with van der Waals surface area (Å²) in [5, 5.41) is 3.87. The van der Waals surface area contributed by atoms with Crippen LogP contribution in [0, 0.1) is 16.7 Å². The fourth-order valence-corrected chi connectivity index (χ4v) is 8.43. The summed E-state index contributed by atoms with van der Waals surface area (Å²) in [6.45, 7) is 0. The number of rotatable bonds is 4. The molecule has 1 aromatic carbocycles. The highest BCUT2D eigenvalue weighted by atomic mass is 35.5. The van der Waals surface area contributed by atoms with E-state index < -0.39 is 0 Å². The van der Waals surface area contributed by atoms with Gasteiger partial charge in [-0.2, -0.15) is 0 Å². The highest BCUT2D eigenvalue weighted by molar-refractivity contribution is 7.80. The lowest BCUT2D eigenvalue weighted by Gasteiger charge is -2.67. The molecule has 0 radical (unpaired) electrons. The first kappa shape index (κ1) is 18.4. The highest BCUT2D eigenvalue weighted by Crippen LogP contribution is 2.70. The van der Waals surface area contributed by atoms with Crippen molar-refractivity contribution in [3.63, 3.8) is 0 Å². The van der Waals surface area contributed by atoms with E-state index in [9.17, 15) is 0 Å². The van der Waals surface area contributed by atoms with Crippen LogP contribution in [0.25, 0.3) is 0 Å². The minimum absolute atomic E-state index is 0.178. The Bertz CT molecular complexity index is 714. The maximum Gasteiger partial charge on any atom is 0.0818 e. The van der Waals surface area contributed by atoms with Crippen LogP contribution in [-0.2, 0) is 5.41 Å². The molecule has 0 spiro atoms. The topological polar surface area (TPSA) is 12.0 Å². The van der Waals surface area contributed by atoms with Crippen LogP contribution < -0.4 is 5.32 Å². The van der Waals surface area contributed by atoms with Gasteiger partial charge in [0.2, 0.25) is 0 Å². The maximum absolute atomic E-state index is 6.67. The molecule has 5 fully saturated rings. The fourth-order valence-electron chi connectivity index (χ4n) is 7.74. The number of hydrogen-bond acceptors (Lipinski definition) is 1. The molecule has 1 N–H and O–H groups in total. The smallest absolute Gasteiger partial charge is 0.0818 e. The minimum Gasteiger partial charge on any atom is -0.376 e. The van der Waals surface area contributed by atoms with E-state index in [0.29, 0.717) is 6.04 Å². The second-order valence-electron chi connectivity index (χ2n) is 10.4. The Balaban J connectivity index is 1.48. The Morgan fingerprint density at radius 1 is 1.00 bits per heavy atom. The van der Waals surface area contributed by atoms with E-state index in [1.165, 1.54) is 81.2 Å². The summed E-state index contributed by atoms with van der Waals surface area (Å²) in [7, 11) is 0. The van der Waals surface area contributed by atoms with Gasteiger partial charge in [0.15, 0.2) is 0 Å². The Kier molecular flexibility index (Phi) is 4.59. The molecule has 4 atom stereocenters. The monoisotopic (exact) mass is 401 g/mol. The van der Waals surface area contributed by atoms with Crippen LogP contribution in [0.15, 0.2) is 30.3 Å². The number of hydrogen-bond donors (Lipinski definition) is 1. The minimum atomic E-state index is 0.178. The number of alkyl halides is 1. The lowest BCUT2D eigenvalue weighted by molar-refractivity contribution is -0.0855. The quantitative estimate of drug-likeness (QED) is 0.463. The van der Waals surface area contributed by atoms with Crippen molar-refractivity contribution in [2.24, 2.45) is 16.7 Å². The molecule has 4 bridgehead atoms. The second-order valence-corrected chi connectivity index (χ2v) is 11.1. The second kappa shape index (κ2) is 6.73. The van der Waals surface area contributed by atoms with Crippen molar-refractivity contribution in [2.75, 3.05) is 5.88 Å². The number of benzene rings is 1. The van der Waals surface area contributed by atoms with Crippen LogP contribution in [0.3, 0.4) is 0 Å². The average Bonchev–Trinajstić information content (AvgIpc) is 2.68. The summed E-state index contributed by atoms with van der Waals surface area (Å²) >= 11 is 12.8.